The van der Waals surface area contributed by atoms with Gasteiger partial charge in [0.05, 0.1) is 5.69 Å². The van der Waals surface area contributed by atoms with Crippen LogP contribution in [0.5, 0.6) is 0 Å². The molecule has 8 heteroatoms. The maximum absolute atomic E-state index is 12.4. The van der Waals surface area contributed by atoms with Crippen LogP contribution in [0, 0.1) is 0 Å². The topological polar surface area (TPSA) is 85.6 Å². The summed E-state index contributed by atoms with van der Waals surface area (Å²) in [7, 11) is 0. The number of nitrogens with zero attached hydrogens (tertiary/aromatic N) is 5. The van der Waals surface area contributed by atoms with E-state index >= 15 is 0 Å². The van der Waals surface area contributed by atoms with Crippen LogP contribution in [0.25, 0.3) is 5.69 Å². The van der Waals surface area contributed by atoms with Crippen LogP contribution in [0.3, 0.4) is 0 Å². The van der Waals surface area contributed by atoms with Gasteiger partial charge in [0, 0.05) is 5.92 Å². The SMILES string of the molecule is CCc1nnc(NC(=O)c2nc(C3CC3)n(-c3ccccc3)n2)s1. The number of benzene rings is 1. The van der Waals surface area contributed by atoms with Crippen molar-refractivity contribution in [2.75, 3.05) is 5.32 Å². The van der Waals surface area contributed by atoms with E-state index in [1.807, 2.05) is 37.3 Å². The molecular weight excluding hydrogens is 324 g/mol. The minimum Gasteiger partial charge on any atom is -0.294 e. The third kappa shape index (κ3) is 2.92. The first-order chi connectivity index (χ1) is 11.7. The van der Waals surface area contributed by atoms with Gasteiger partial charge < -0.3 is 0 Å². The molecule has 0 bridgehead atoms. The summed E-state index contributed by atoms with van der Waals surface area (Å²) >= 11 is 1.37. The van der Waals surface area contributed by atoms with Crippen molar-refractivity contribution in [3.05, 3.63) is 47.0 Å². The molecule has 0 unspecified atom stereocenters. The monoisotopic (exact) mass is 340 g/mol. The zero-order valence-corrected chi connectivity index (χ0v) is 14.0. The number of hydrogen-bond donors (Lipinski definition) is 1. The fraction of sp³-hybridized carbons (Fsp3) is 0.312. The maximum Gasteiger partial charge on any atom is 0.297 e. The molecule has 0 saturated heterocycles. The normalized spacial score (nSPS) is 13.9. The maximum atomic E-state index is 12.4. The van der Waals surface area contributed by atoms with Crippen molar-refractivity contribution in [1.82, 2.24) is 25.0 Å². The Balaban J connectivity index is 1.62. The van der Waals surface area contributed by atoms with E-state index < -0.39 is 0 Å². The Morgan fingerprint density at radius 2 is 2.08 bits per heavy atom. The average molecular weight is 340 g/mol. The van der Waals surface area contributed by atoms with Crippen molar-refractivity contribution in [2.24, 2.45) is 0 Å². The summed E-state index contributed by atoms with van der Waals surface area (Å²) in [6.07, 6.45) is 2.96. The Kier molecular flexibility index (Phi) is 3.81. The van der Waals surface area contributed by atoms with Crippen LogP contribution in [-0.2, 0) is 6.42 Å². The van der Waals surface area contributed by atoms with E-state index in [1.54, 1.807) is 4.68 Å². The molecular formula is C16H16N6OS. The van der Waals surface area contributed by atoms with Crippen molar-refractivity contribution < 1.29 is 4.79 Å². The summed E-state index contributed by atoms with van der Waals surface area (Å²) in [5, 5.41) is 16.5. The van der Waals surface area contributed by atoms with Gasteiger partial charge in [0.1, 0.15) is 10.8 Å². The second-order valence-electron chi connectivity index (χ2n) is 5.62. The Bertz CT molecular complexity index is 868. The molecule has 4 rings (SSSR count). The van der Waals surface area contributed by atoms with Crippen LogP contribution in [-0.4, -0.2) is 30.9 Å². The van der Waals surface area contributed by atoms with E-state index in [4.69, 9.17) is 0 Å². The number of aryl methyl sites for hydroxylation is 1. The van der Waals surface area contributed by atoms with Crippen molar-refractivity contribution in [1.29, 1.82) is 0 Å². The second kappa shape index (κ2) is 6.12. The van der Waals surface area contributed by atoms with E-state index in [9.17, 15) is 4.79 Å². The van der Waals surface area contributed by atoms with Crippen molar-refractivity contribution >= 4 is 22.4 Å². The van der Waals surface area contributed by atoms with E-state index in [2.05, 4.69) is 25.6 Å². The first-order valence-corrected chi connectivity index (χ1v) is 8.72. The molecule has 3 aromatic rings. The molecule has 1 aliphatic rings. The van der Waals surface area contributed by atoms with Crippen LogP contribution >= 0.6 is 11.3 Å². The lowest BCUT2D eigenvalue weighted by Crippen LogP contribution is -2.14. The quantitative estimate of drug-likeness (QED) is 0.772. The number of para-hydroxylation sites is 1. The summed E-state index contributed by atoms with van der Waals surface area (Å²) in [5.41, 5.74) is 0.912. The lowest BCUT2D eigenvalue weighted by Gasteiger charge is -2.03. The first-order valence-electron chi connectivity index (χ1n) is 7.90. The van der Waals surface area contributed by atoms with E-state index in [0.29, 0.717) is 11.0 Å². The standard InChI is InChI=1S/C16H16N6OS/c1-2-12-19-20-16(24-12)18-15(23)13-17-14(10-8-9-10)22(21-13)11-6-4-3-5-7-11/h3-7,10H,2,8-9H2,1H3,(H,18,20,23). The largest absolute Gasteiger partial charge is 0.297 e. The van der Waals surface area contributed by atoms with E-state index in [1.165, 1.54) is 11.3 Å². The zero-order valence-electron chi connectivity index (χ0n) is 13.1. The van der Waals surface area contributed by atoms with Gasteiger partial charge in [0.15, 0.2) is 0 Å². The molecule has 0 aliphatic heterocycles. The molecule has 24 heavy (non-hydrogen) atoms. The van der Waals surface area contributed by atoms with Gasteiger partial charge in [-0.1, -0.05) is 36.5 Å². The van der Waals surface area contributed by atoms with E-state index in [-0.39, 0.29) is 11.7 Å². The fourth-order valence-electron chi connectivity index (χ4n) is 2.39. The minimum atomic E-state index is -0.356. The highest BCUT2D eigenvalue weighted by atomic mass is 32.1. The molecule has 1 aliphatic carbocycles. The summed E-state index contributed by atoms with van der Waals surface area (Å²) in [6, 6.07) is 9.76. The second-order valence-corrected chi connectivity index (χ2v) is 6.69. The molecule has 2 aromatic heterocycles. The highest BCUT2D eigenvalue weighted by Gasteiger charge is 2.31. The highest BCUT2D eigenvalue weighted by Crippen LogP contribution is 2.39. The molecule has 1 saturated carbocycles. The number of carbonyl (C=O) groups is 1. The molecule has 2 heterocycles. The molecule has 1 fully saturated rings. The number of hydrogen-bond acceptors (Lipinski definition) is 6. The van der Waals surface area contributed by atoms with Crippen molar-refractivity contribution in [3.8, 4) is 5.69 Å². The molecule has 0 atom stereocenters. The molecule has 1 amide bonds. The Morgan fingerprint density at radius 1 is 1.29 bits per heavy atom. The number of anilines is 1. The van der Waals surface area contributed by atoms with Crippen LogP contribution in [0.15, 0.2) is 30.3 Å². The van der Waals surface area contributed by atoms with Gasteiger partial charge in [-0.05, 0) is 31.4 Å². The molecule has 0 spiro atoms. The van der Waals surface area contributed by atoms with Gasteiger partial charge in [-0.2, -0.15) is 0 Å². The van der Waals surface area contributed by atoms with Crippen LogP contribution < -0.4 is 5.32 Å². The predicted octanol–water partition coefficient (Wildman–Crippen LogP) is 2.81. The smallest absolute Gasteiger partial charge is 0.294 e. The predicted molar refractivity (Wildman–Crippen MR) is 90.6 cm³/mol. The molecule has 122 valence electrons. The van der Waals surface area contributed by atoms with Gasteiger partial charge in [0.2, 0.25) is 11.0 Å². The Hall–Kier alpha value is -2.61. The number of rotatable bonds is 5. The van der Waals surface area contributed by atoms with Gasteiger partial charge in [0.25, 0.3) is 5.91 Å². The summed E-state index contributed by atoms with van der Waals surface area (Å²) in [6.45, 7) is 2.00. The third-order valence-corrected chi connectivity index (χ3v) is 4.75. The molecule has 7 nitrogen and oxygen atoms in total. The summed E-state index contributed by atoms with van der Waals surface area (Å²) in [5.74, 6) is 1.03. The highest BCUT2D eigenvalue weighted by molar-refractivity contribution is 7.15. The lowest BCUT2D eigenvalue weighted by atomic mass is 10.3. The first kappa shape index (κ1) is 14.9. The Labute approximate surface area is 142 Å². The molecule has 0 radical (unpaired) electrons. The zero-order chi connectivity index (χ0) is 16.5. The lowest BCUT2D eigenvalue weighted by molar-refractivity contribution is 0.101. The van der Waals surface area contributed by atoms with Gasteiger partial charge >= 0.3 is 0 Å². The van der Waals surface area contributed by atoms with Crippen LogP contribution in [0.1, 0.15) is 47.1 Å². The van der Waals surface area contributed by atoms with Crippen molar-refractivity contribution in [3.63, 3.8) is 0 Å². The minimum absolute atomic E-state index is 0.161. The van der Waals surface area contributed by atoms with Crippen LogP contribution in [0.2, 0.25) is 0 Å². The molecule has 1 N–H and O–H groups in total. The van der Waals surface area contributed by atoms with Gasteiger partial charge in [-0.15, -0.1) is 15.3 Å². The number of nitrogens with one attached hydrogen (secondary N) is 1. The third-order valence-electron chi connectivity index (χ3n) is 3.77. The van der Waals surface area contributed by atoms with Gasteiger partial charge in [-0.25, -0.2) is 9.67 Å². The van der Waals surface area contributed by atoms with Crippen LogP contribution in [0.4, 0.5) is 5.13 Å². The number of aromatic nitrogens is 5. The van der Waals surface area contributed by atoms with Crippen molar-refractivity contribution in [2.45, 2.75) is 32.1 Å². The Morgan fingerprint density at radius 3 is 2.75 bits per heavy atom. The summed E-state index contributed by atoms with van der Waals surface area (Å²) < 4.78 is 1.77. The number of amides is 1. The fourth-order valence-corrected chi connectivity index (χ4v) is 3.06. The molecule has 1 aromatic carbocycles. The summed E-state index contributed by atoms with van der Waals surface area (Å²) in [4.78, 5) is 16.9. The number of carbonyl (C=O) groups excluding carboxylic acids is 1. The average Bonchev–Trinajstić information content (AvgIpc) is 3.19. The van der Waals surface area contributed by atoms with Gasteiger partial charge in [-0.3, -0.25) is 10.1 Å². The van der Waals surface area contributed by atoms with E-state index in [0.717, 1.165) is 35.8 Å².